The molecule has 4 rings (SSSR count). The van der Waals surface area contributed by atoms with Gasteiger partial charge < -0.3 is 10.2 Å². The van der Waals surface area contributed by atoms with E-state index in [0.717, 1.165) is 59.7 Å². The summed E-state index contributed by atoms with van der Waals surface area (Å²) >= 11 is 0. The van der Waals surface area contributed by atoms with Crippen LogP contribution in [0.4, 0.5) is 10.1 Å². The molecule has 1 unspecified atom stereocenters. The zero-order valence-electron chi connectivity index (χ0n) is 23.6. The molecular weight excluding hydrogens is 541 g/mol. The lowest BCUT2D eigenvalue weighted by Crippen LogP contribution is -2.54. The van der Waals surface area contributed by atoms with Gasteiger partial charge in [0, 0.05) is 12.6 Å². The number of anilines is 1. The molecule has 0 bridgehead atoms. The molecule has 1 fully saturated rings. The molecule has 0 aromatic heterocycles. The molecule has 0 radical (unpaired) electrons. The van der Waals surface area contributed by atoms with Gasteiger partial charge in [0.15, 0.2) is 0 Å². The minimum atomic E-state index is -4.19. The zero-order valence-corrected chi connectivity index (χ0v) is 24.4. The molecule has 3 aromatic rings. The first kappa shape index (κ1) is 30.2. The number of carbonyl (C=O) groups is 2. The van der Waals surface area contributed by atoms with Crippen LogP contribution >= 0.6 is 0 Å². The molecule has 2 amide bonds. The van der Waals surface area contributed by atoms with Crippen molar-refractivity contribution in [1.82, 2.24) is 10.2 Å². The van der Waals surface area contributed by atoms with Crippen LogP contribution in [-0.4, -0.2) is 43.8 Å². The van der Waals surface area contributed by atoms with Gasteiger partial charge in [-0.2, -0.15) is 0 Å². The van der Waals surface area contributed by atoms with Crippen molar-refractivity contribution in [3.8, 4) is 0 Å². The van der Waals surface area contributed by atoms with Crippen LogP contribution in [0.5, 0.6) is 0 Å². The van der Waals surface area contributed by atoms with Gasteiger partial charge in [-0.05, 0) is 68.1 Å². The summed E-state index contributed by atoms with van der Waals surface area (Å²) in [6.07, 6.45) is 5.42. The number of hydrogen-bond acceptors (Lipinski definition) is 4. The van der Waals surface area contributed by atoms with Crippen molar-refractivity contribution in [3.05, 3.63) is 95.8 Å². The van der Waals surface area contributed by atoms with Crippen molar-refractivity contribution in [3.63, 3.8) is 0 Å². The van der Waals surface area contributed by atoms with E-state index in [2.05, 4.69) is 5.32 Å². The third-order valence-corrected chi connectivity index (χ3v) is 9.32. The maximum Gasteiger partial charge on any atom is 0.264 e. The first-order valence-electron chi connectivity index (χ1n) is 14.2. The predicted octanol–water partition coefficient (Wildman–Crippen LogP) is 5.59. The normalized spacial score (nSPS) is 14.7. The van der Waals surface area contributed by atoms with E-state index >= 15 is 0 Å². The Labute approximate surface area is 242 Å². The van der Waals surface area contributed by atoms with Crippen molar-refractivity contribution in [2.24, 2.45) is 0 Å². The summed E-state index contributed by atoms with van der Waals surface area (Å²) < 4.78 is 42.3. The fourth-order valence-electron chi connectivity index (χ4n) is 5.21. The summed E-state index contributed by atoms with van der Waals surface area (Å²) in [4.78, 5) is 29.1. The van der Waals surface area contributed by atoms with Gasteiger partial charge >= 0.3 is 0 Å². The second kappa shape index (κ2) is 13.8. The van der Waals surface area contributed by atoms with Crippen LogP contribution in [0.1, 0.15) is 56.6 Å². The van der Waals surface area contributed by atoms with E-state index in [1.807, 2.05) is 38.1 Å². The summed E-state index contributed by atoms with van der Waals surface area (Å²) in [5.41, 5.74) is 2.04. The van der Waals surface area contributed by atoms with Gasteiger partial charge in [-0.25, -0.2) is 12.8 Å². The van der Waals surface area contributed by atoms with E-state index in [9.17, 15) is 22.4 Å². The highest BCUT2D eigenvalue weighted by atomic mass is 32.2. The molecule has 0 saturated heterocycles. The zero-order chi connectivity index (χ0) is 29.4. The number of rotatable bonds is 11. The molecule has 1 saturated carbocycles. The quantitative estimate of drug-likeness (QED) is 0.321. The maximum atomic E-state index is 14.1. The van der Waals surface area contributed by atoms with Crippen molar-refractivity contribution >= 4 is 27.5 Å². The average Bonchev–Trinajstić information content (AvgIpc) is 2.98. The third-order valence-electron chi connectivity index (χ3n) is 7.54. The summed E-state index contributed by atoms with van der Waals surface area (Å²) in [6, 6.07) is 19.7. The number of nitrogens with zero attached hydrogens (tertiary/aromatic N) is 2. The van der Waals surface area contributed by atoms with E-state index in [0.29, 0.717) is 6.42 Å². The Morgan fingerprint density at radius 1 is 0.927 bits per heavy atom. The Bertz CT molecular complexity index is 1410. The van der Waals surface area contributed by atoms with E-state index in [4.69, 9.17) is 0 Å². The molecule has 218 valence electrons. The topological polar surface area (TPSA) is 86.8 Å². The summed E-state index contributed by atoms with van der Waals surface area (Å²) in [5, 5.41) is 3.14. The van der Waals surface area contributed by atoms with Gasteiger partial charge in [0.05, 0.1) is 10.6 Å². The molecule has 0 aliphatic heterocycles. The maximum absolute atomic E-state index is 14.1. The van der Waals surface area contributed by atoms with Crippen LogP contribution in [0.3, 0.4) is 0 Å². The second-order valence-corrected chi connectivity index (χ2v) is 12.4. The van der Waals surface area contributed by atoms with Crippen LogP contribution in [-0.2, 0) is 26.2 Å². The van der Waals surface area contributed by atoms with Crippen molar-refractivity contribution in [1.29, 1.82) is 0 Å². The van der Waals surface area contributed by atoms with Gasteiger partial charge in [-0.1, -0.05) is 74.2 Å². The van der Waals surface area contributed by atoms with Crippen molar-refractivity contribution in [2.45, 2.75) is 75.9 Å². The molecule has 1 N–H and O–H groups in total. The molecule has 1 aliphatic rings. The van der Waals surface area contributed by atoms with Crippen molar-refractivity contribution in [2.75, 3.05) is 10.8 Å². The molecule has 9 heteroatoms. The lowest BCUT2D eigenvalue weighted by molar-refractivity contribution is -0.140. The fraction of sp³-hybridized carbons (Fsp3) is 0.375. The molecule has 0 spiro atoms. The first-order valence-corrected chi connectivity index (χ1v) is 15.6. The molecular formula is C32H38FN3O4S. The van der Waals surface area contributed by atoms with E-state index in [1.165, 1.54) is 29.2 Å². The SMILES string of the molecule is CCC(C(=O)NC1CCCCC1)N(Cc1ccc(C)cc1)C(=O)CN(c1ccc(F)cc1)S(=O)(=O)c1ccccc1. The Kier molecular flexibility index (Phi) is 10.2. The minimum absolute atomic E-state index is 0.00397. The standard InChI is InChI=1S/C32H38FN3O4S/c1-3-30(32(38)34-27-10-6-4-7-11-27)35(22-25-16-14-24(2)15-17-25)31(37)23-36(28-20-18-26(33)19-21-28)41(39,40)29-12-8-5-9-13-29/h5,8-9,12-21,27,30H,3-4,6-7,10-11,22-23H2,1-2H3,(H,34,38). The highest BCUT2D eigenvalue weighted by Crippen LogP contribution is 2.25. The lowest BCUT2D eigenvalue weighted by atomic mass is 9.95. The van der Waals surface area contributed by atoms with E-state index in [-0.39, 0.29) is 29.1 Å². The smallest absolute Gasteiger partial charge is 0.264 e. The molecule has 41 heavy (non-hydrogen) atoms. The number of nitrogens with one attached hydrogen (secondary N) is 1. The molecule has 1 aliphatic carbocycles. The number of amides is 2. The number of carbonyl (C=O) groups excluding carboxylic acids is 2. The van der Waals surface area contributed by atoms with Crippen molar-refractivity contribution < 1.29 is 22.4 Å². The van der Waals surface area contributed by atoms with Gasteiger partial charge in [-0.15, -0.1) is 0 Å². The Morgan fingerprint density at radius 2 is 1.56 bits per heavy atom. The Balaban J connectivity index is 1.68. The molecule has 7 nitrogen and oxygen atoms in total. The number of aryl methyl sites for hydroxylation is 1. The van der Waals surface area contributed by atoms with Gasteiger partial charge in [0.2, 0.25) is 11.8 Å². The summed E-state index contributed by atoms with van der Waals surface area (Å²) in [5.74, 6) is -1.29. The minimum Gasteiger partial charge on any atom is -0.352 e. The highest BCUT2D eigenvalue weighted by molar-refractivity contribution is 7.92. The predicted molar refractivity (Wildman–Crippen MR) is 158 cm³/mol. The Hall–Kier alpha value is -3.72. The third kappa shape index (κ3) is 7.73. The van der Waals surface area contributed by atoms with Gasteiger partial charge in [0.1, 0.15) is 18.4 Å². The van der Waals surface area contributed by atoms with Crippen LogP contribution in [0.25, 0.3) is 0 Å². The molecule has 1 atom stereocenters. The number of hydrogen-bond donors (Lipinski definition) is 1. The largest absolute Gasteiger partial charge is 0.352 e. The fourth-order valence-corrected chi connectivity index (χ4v) is 6.64. The van der Waals surface area contributed by atoms with Crippen LogP contribution in [0.15, 0.2) is 83.8 Å². The van der Waals surface area contributed by atoms with Crippen LogP contribution in [0.2, 0.25) is 0 Å². The van der Waals surface area contributed by atoms with E-state index in [1.54, 1.807) is 18.2 Å². The Morgan fingerprint density at radius 3 is 2.17 bits per heavy atom. The first-order chi connectivity index (χ1) is 19.7. The second-order valence-electron chi connectivity index (χ2n) is 10.6. The number of halogens is 1. The average molecular weight is 580 g/mol. The van der Waals surface area contributed by atoms with Gasteiger partial charge in [-0.3, -0.25) is 13.9 Å². The van der Waals surface area contributed by atoms with E-state index < -0.39 is 34.3 Å². The van der Waals surface area contributed by atoms with Crippen LogP contribution in [0, 0.1) is 12.7 Å². The van der Waals surface area contributed by atoms with Crippen LogP contribution < -0.4 is 9.62 Å². The number of sulfonamides is 1. The molecule has 3 aromatic carbocycles. The number of benzene rings is 3. The highest BCUT2D eigenvalue weighted by Gasteiger charge is 2.34. The summed E-state index contributed by atoms with van der Waals surface area (Å²) in [6.45, 7) is 3.40. The molecule has 0 heterocycles. The lowest BCUT2D eigenvalue weighted by Gasteiger charge is -2.34. The van der Waals surface area contributed by atoms with Gasteiger partial charge in [0.25, 0.3) is 10.0 Å². The monoisotopic (exact) mass is 579 g/mol. The summed E-state index contributed by atoms with van der Waals surface area (Å²) in [7, 11) is -4.19.